The summed E-state index contributed by atoms with van der Waals surface area (Å²) in [7, 11) is 1.71. The Balaban J connectivity index is 1.71. The quantitative estimate of drug-likeness (QED) is 0.742. The number of methoxy groups -OCH3 is 1. The molecule has 20 heavy (non-hydrogen) atoms. The number of benzene rings is 2. The number of hydrogen-bond donors (Lipinski definition) is 1. The van der Waals surface area contributed by atoms with Gasteiger partial charge in [-0.1, -0.05) is 36.4 Å². The van der Waals surface area contributed by atoms with E-state index in [2.05, 4.69) is 17.4 Å². The van der Waals surface area contributed by atoms with E-state index in [1.807, 2.05) is 42.5 Å². The summed E-state index contributed by atoms with van der Waals surface area (Å²) in [5, 5.41) is 3.42. The van der Waals surface area contributed by atoms with Crippen molar-refractivity contribution in [2.24, 2.45) is 0 Å². The van der Waals surface area contributed by atoms with Crippen molar-refractivity contribution < 1.29 is 9.47 Å². The van der Waals surface area contributed by atoms with E-state index in [1.54, 1.807) is 7.11 Å². The molecular weight excluding hydrogens is 250 g/mol. The molecule has 0 heterocycles. The highest BCUT2D eigenvalue weighted by atomic mass is 16.5. The van der Waals surface area contributed by atoms with Gasteiger partial charge in [-0.3, -0.25) is 0 Å². The third-order valence-corrected chi connectivity index (χ3v) is 2.97. The lowest BCUT2D eigenvalue weighted by Gasteiger charge is -2.11. The van der Waals surface area contributed by atoms with Crippen LogP contribution in [0.25, 0.3) is 0 Å². The molecule has 0 bridgehead atoms. The second kappa shape index (κ2) is 8.23. The average molecular weight is 271 g/mol. The van der Waals surface area contributed by atoms with E-state index in [1.165, 1.54) is 5.56 Å². The van der Waals surface area contributed by atoms with Crippen molar-refractivity contribution in [1.82, 2.24) is 0 Å². The van der Waals surface area contributed by atoms with E-state index >= 15 is 0 Å². The zero-order valence-electron chi connectivity index (χ0n) is 11.8. The summed E-state index contributed by atoms with van der Waals surface area (Å²) < 4.78 is 10.8. The van der Waals surface area contributed by atoms with Crippen molar-refractivity contribution in [3.8, 4) is 5.75 Å². The molecule has 0 aliphatic rings. The van der Waals surface area contributed by atoms with Gasteiger partial charge in [0, 0.05) is 24.9 Å². The Morgan fingerprint density at radius 1 is 0.950 bits per heavy atom. The van der Waals surface area contributed by atoms with Gasteiger partial charge in [-0.15, -0.1) is 0 Å². The first-order chi connectivity index (χ1) is 9.90. The Kier molecular flexibility index (Phi) is 5.93. The smallest absolute Gasteiger partial charge is 0.119 e. The van der Waals surface area contributed by atoms with Crippen LogP contribution in [-0.4, -0.2) is 20.3 Å². The molecular formula is C17H21NO2. The minimum Gasteiger partial charge on any atom is -0.494 e. The summed E-state index contributed by atoms with van der Waals surface area (Å²) in [5.41, 5.74) is 2.31. The van der Waals surface area contributed by atoms with Crippen LogP contribution in [0.3, 0.4) is 0 Å². The summed E-state index contributed by atoms with van der Waals surface area (Å²) in [6.45, 7) is 2.22. The molecule has 3 nitrogen and oxygen atoms in total. The van der Waals surface area contributed by atoms with Gasteiger partial charge in [-0.25, -0.2) is 0 Å². The molecule has 0 atom stereocenters. The van der Waals surface area contributed by atoms with Crippen LogP contribution in [0.15, 0.2) is 54.6 Å². The Morgan fingerprint density at radius 3 is 2.50 bits per heavy atom. The van der Waals surface area contributed by atoms with Gasteiger partial charge in [0.15, 0.2) is 0 Å². The SMILES string of the molecule is COCc1ccccc1NCCCOc1ccccc1. The first-order valence-corrected chi connectivity index (χ1v) is 6.88. The fraction of sp³-hybridized carbons (Fsp3) is 0.294. The number of para-hydroxylation sites is 2. The molecule has 1 N–H and O–H groups in total. The summed E-state index contributed by atoms with van der Waals surface area (Å²) in [4.78, 5) is 0. The maximum atomic E-state index is 5.66. The molecule has 0 aliphatic heterocycles. The van der Waals surface area contributed by atoms with Crippen LogP contribution in [0.5, 0.6) is 5.75 Å². The molecule has 2 aromatic carbocycles. The predicted molar refractivity (Wildman–Crippen MR) is 82.2 cm³/mol. The van der Waals surface area contributed by atoms with Crippen LogP contribution in [0.1, 0.15) is 12.0 Å². The van der Waals surface area contributed by atoms with Crippen molar-refractivity contribution in [3.05, 3.63) is 60.2 Å². The summed E-state index contributed by atoms with van der Waals surface area (Å²) in [6, 6.07) is 18.1. The molecule has 0 saturated heterocycles. The number of rotatable bonds is 8. The van der Waals surface area contributed by atoms with Crippen molar-refractivity contribution in [2.75, 3.05) is 25.6 Å². The van der Waals surface area contributed by atoms with Gasteiger partial charge >= 0.3 is 0 Å². The van der Waals surface area contributed by atoms with Crippen LogP contribution >= 0.6 is 0 Å². The van der Waals surface area contributed by atoms with E-state index in [-0.39, 0.29) is 0 Å². The standard InChI is InChI=1S/C17H21NO2/c1-19-14-15-8-5-6-11-17(15)18-12-7-13-20-16-9-3-2-4-10-16/h2-6,8-11,18H,7,12-14H2,1H3. The van der Waals surface area contributed by atoms with Gasteiger partial charge in [0.1, 0.15) is 5.75 Å². The molecule has 0 aliphatic carbocycles. The molecule has 0 fully saturated rings. The Labute approximate surface area is 120 Å². The van der Waals surface area contributed by atoms with Crippen LogP contribution in [0.2, 0.25) is 0 Å². The van der Waals surface area contributed by atoms with Crippen molar-refractivity contribution in [3.63, 3.8) is 0 Å². The van der Waals surface area contributed by atoms with Gasteiger partial charge < -0.3 is 14.8 Å². The van der Waals surface area contributed by atoms with Crippen LogP contribution in [0.4, 0.5) is 5.69 Å². The lowest BCUT2D eigenvalue weighted by molar-refractivity contribution is 0.185. The number of anilines is 1. The third kappa shape index (κ3) is 4.59. The largest absolute Gasteiger partial charge is 0.494 e. The highest BCUT2D eigenvalue weighted by Gasteiger charge is 2.00. The molecule has 0 amide bonds. The zero-order valence-corrected chi connectivity index (χ0v) is 11.8. The van der Waals surface area contributed by atoms with Crippen LogP contribution in [0, 0.1) is 0 Å². The van der Waals surface area contributed by atoms with Gasteiger partial charge in [-0.05, 0) is 24.6 Å². The van der Waals surface area contributed by atoms with Gasteiger partial charge in [0.25, 0.3) is 0 Å². The molecule has 2 aromatic rings. The molecule has 3 heteroatoms. The van der Waals surface area contributed by atoms with Crippen molar-refractivity contribution in [2.45, 2.75) is 13.0 Å². The van der Waals surface area contributed by atoms with E-state index in [0.717, 1.165) is 24.4 Å². The lowest BCUT2D eigenvalue weighted by Crippen LogP contribution is -2.08. The first-order valence-electron chi connectivity index (χ1n) is 6.88. The maximum Gasteiger partial charge on any atom is 0.119 e. The number of nitrogens with one attached hydrogen (secondary N) is 1. The molecule has 0 unspecified atom stereocenters. The topological polar surface area (TPSA) is 30.5 Å². The number of hydrogen-bond acceptors (Lipinski definition) is 3. The maximum absolute atomic E-state index is 5.66. The van der Waals surface area contributed by atoms with Crippen molar-refractivity contribution in [1.29, 1.82) is 0 Å². The first kappa shape index (κ1) is 14.4. The summed E-state index contributed by atoms with van der Waals surface area (Å²) in [6.07, 6.45) is 0.955. The van der Waals surface area contributed by atoms with Gasteiger partial charge in [-0.2, -0.15) is 0 Å². The zero-order chi connectivity index (χ0) is 14.0. The highest BCUT2D eigenvalue weighted by molar-refractivity contribution is 5.50. The Morgan fingerprint density at radius 2 is 1.70 bits per heavy atom. The van der Waals surface area contributed by atoms with Crippen LogP contribution < -0.4 is 10.1 Å². The normalized spacial score (nSPS) is 10.2. The molecule has 0 radical (unpaired) electrons. The average Bonchev–Trinajstić information content (AvgIpc) is 2.50. The third-order valence-electron chi connectivity index (χ3n) is 2.97. The number of ether oxygens (including phenoxy) is 2. The predicted octanol–water partition coefficient (Wildman–Crippen LogP) is 3.71. The fourth-order valence-electron chi connectivity index (χ4n) is 1.98. The Bertz CT molecular complexity index is 499. The van der Waals surface area contributed by atoms with Gasteiger partial charge in [0.05, 0.1) is 13.2 Å². The van der Waals surface area contributed by atoms with E-state index in [4.69, 9.17) is 9.47 Å². The van der Waals surface area contributed by atoms with Gasteiger partial charge in [0.2, 0.25) is 0 Å². The second-order valence-corrected chi connectivity index (χ2v) is 4.53. The minimum absolute atomic E-state index is 0.629. The summed E-state index contributed by atoms with van der Waals surface area (Å²) >= 11 is 0. The van der Waals surface area contributed by atoms with Crippen LogP contribution in [-0.2, 0) is 11.3 Å². The molecule has 0 aromatic heterocycles. The van der Waals surface area contributed by atoms with E-state index < -0.39 is 0 Å². The van der Waals surface area contributed by atoms with Crippen molar-refractivity contribution >= 4 is 5.69 Å². The molecule has 106 valence electrons. The fourth-order valence-corrected chi connectivity index (χ4v) is 1.98. The summed E-state index contributed by atoms with van der Waals surface area (Å²) in [5.74, 6) is 0.923. The molecule has 2 rings (SSSR count). The molecule has 0 spiro atoms. The highest BCUT2D eigenvalue weighted by Crippen LogP contribution is 2.15. The molecule has 0 saturated carbocycles. The minimum atomic E-state index is 0.629. The van der Waals surface area contributed by atoms with E-state index in [0.29, 0.717) is 13.2 Å². The monoisotopic (exact) mass is 271 g/mol. The Hall–Kier alpha value is -2.00. The second-order valence-electron chi connectivity index (χ2n) is 4.53. The lowest BCUT2D eigenvalue weighted by atomic mass is 10.2. The van der Waals surface area contributed by atoms with E-state index in [9.17, 15) is 0 Å².